The van der Waals surface area contributed by atoms with Gasteiger partial charge in [0.1, 0.15) is 0 Å². The maximum absolute atomic E-state index is 11.1. The average Bonchev–Trinajstić information content (AvgIpc) is 1.80. The van der Waals surface area contributed by atoms with E-state index in [9.17, 15) is 18.0 Å². The van der Waals surface area contributed by atoms with Gasteiger partial charge >= 0.3 is 12.1 Å². The number of alkyl halides is 3. The Morgan fingerprint density at radius 2 is 2.00 bits per heavy atom. The lowest BCUT2D eigenvalue weighted by molar-refractivity contribution is -0.323. The SMILES string of the molecule is O=C(OON[O-])C(F)(F)F. The number of hydrogen-bond acceptors (Lipinski definition) is 5. The van der Waals surface area contributed by atoms with Gasteiger partial charge in [-0.3, -0.25) is 4.89 Å². The van der Waals surface area contributed by atoms with Gasteiger partial charge in [-0.1, -0.05) is 0 Å². The largest absolute Gasteiger partial charge is 0.762 e. The smallest absolute Gasteiger partial charge is 0.494 e. The van der Waals surface area contributed by atoms with Crippen LogP contribution in [0.5, 0.6) is 0 Å². The van der Waals surface area contributed by atoms with E-state index in [1.54, 1.807) is 0 Å². The third-order valence-electron chi connectivity index (χ3n) is 0.383. The number of halogens is 3. The second-order valence-corrected chi connectivity index (χ2v) is 1.04. The van der Waals surface area contributed by atoms with Crippen LogP contribution in [0.3, 0.4) is 0 Å². The molecule has 0 fully saturated rings. The maximum atomic E-state index is 11.1. The van der Waals surface area contributed by atoms with E-state index in [4.69, 9.17) is 5.21 Å². The highest BCUT2D eigenvalue weighted by Gasteiger charge is 2.42. The highest BCUT2D eigenvalue weighted by Crippen LogP contribution is 2.15. The van der Waals surface area contributed by atoms with Gasteiger partial charge in [-0.15, -0.1) is 4.99 Å². The third-order valence-corrected chi connectivity index (χ3v) is 0.383. The molecule has 0 radical (unpaired) electrons. The molecule has 60 valence electrons. The van der Waals surface area contributed by atoms with Crippen molar-refractivity contribution in [2.75, 3.05) is 0 Å². The summed E-state index contributed by atoms with van der Waals surface area (Å²) >= 11 is 0. The van der Waals surface area contributed by atoms with Crippen LogP contribution in [0.25, 0.3) is 0 Å². The van der Waals surface area contributed by atoms with E-state index in [1.165, 1.54) is 0 Å². The summed E-state index contributed by atoms with van der Waals surface area (Å²) in [5, 5.41) is 9.04. The summed E-state index contributed by atoms with van der Waals surface area (Å²) in [6.45, 7) is 0. The predicted octanol–water partition coefficient (Wildman–Crippen LogP) is 0.0259. The van der Waals surface area contributed by atoms with Crippen LogP contribution in [0, 0.1) is 5.21 Å². The molecule has 0 heterocycles. The molecule has 8 heteroatoms. The second kappa shape index (κ2) is 3.34. The fraction of sp³-hybridized carbons (Fsp3) is 0.500. The Bertz CT molecular complexity index is 122. The lowest BCUT2D eigenvalue weighted by Gasteiger charge is -2.06. The fourth-order valence-corrected chi connectivity index (χ4v) is 0.102. The summed E-state index contributed by atoms with van der Waals surface area (Å²) in [5.74, 6) is -2.60. The molecule has 0 aliphatic carbocycles. The molecule has 0 saturated carbocycles. The Kier molecular flexibility index (Phi) is 3.06. The monoisotopic (exact) mass is 160 g/mol. The first-order chi connectivity index (χ1) is 4.48. The summed E-state index contributed by atoms with van der Waals surface area (Å²) in [6, 6.07) is 0. The molecule has 1 N–H and O–H groups in total. The first-order valence-corrected chi connectivity index (χ1v) is 1.80. The van der Waals surface area contributed by atoms with E-state index in [0.29, 0.717) is 5.64 Å². The van der Waals surface area contributed by atoms with Gasteiger partial charge in [-0.25, -0.2) is 10.4 Å². The zero-order valence-electron chi connectivity index (χ0n) is 4.27. The van der Waals surface area contributed by atoms with E-state index in [2.05, 4.69) is 9.88 Å². The molecule has 0 bridgehead atoms. The molecular weight excluding hydrogens is 159 g/mol. The van der Waals surface area contributed by atoms with Crippen molar-refractivity contribution in [3.63, 3.8) is 0 Å². The quantitative estimate of drug-likeness (QED) is 0.455. The van der Waals surface area contributed by atoms with Gasteiger partial charge < -0.3 is 5.21 Å². The first kappa shape index (κ1) is 9.14. The zero-order valence-corrected chi connectivity index (χ0v) is 4.27. The first-order valence-electron chi connectivity index (χ1n) is 1.80. The molecule has 5 nitrogen and oxygen atoms in total. The van der Waals surface area contributed by atoms with E-state index < -0.39 is 12.1 Å². The number of hydrogen-bond donors (Lipinski definition) is 1. The summed E-state index contributed by atoms with van der Waals surface area (Å²) in [4.78, 5) is 15.4. The van der Waals surface area contributed by atoms with Gasteiger partial charge in [-0.05, 0) is 0 Å². The third kappa shape index (κ3) is 3.22. The highest BCUT2D eigenvalue weighted by molar-refractivity contribution is 5.74. The molecule has 0 saturated heterocycles. The van der Waals surface area contributed by atoms with Gasteiger partial charge in [0.25, 0.3) is 0 Å². The van der Waals surface area contributed by atoms with Crippen molar-refractivity contribution < 1.29 is 27.8 Å². The molecule has 0 aliphatic rings. The van der Waals surface area contributed by atoms with Crippen molar-refractivity contribution in [2.24, 2.45) is 0 Å². The van der Waals surface area contributed by atoms with Crippen LogP contribution in [0.1, 0.15) is 0 Å². The highest BCUT2D eigenvalue weighted by atomic mass is 19.4. The Hall–Kier alpha value is -0.860. The second-order valence-electron chi connectivity index (χ2n) is 1.04. The van der Waals surface area contributed by atoms with Gasteiger partial charge in [0.05, 0.1) is 0 Å². The molecule has 10 heavy (non-hydrogen) atoms. The van der Waals surface area contributed by atoms with Gasteiger partial charge in [0, 0.05) is 0 Å². The molecular formula is C2HF3NO4-. The molecule has 0 spiro atoms. The lowest BCUT2D eigenvalue weighted by atomic mass is 10.7. The fourth-order valence-electron chi connectivity index (χ4n) is 0.102. The minimum absolute atomic E-state index is 0.478. The van der Waals surface area contributed by atoms with Crippen molar-refractivity contribution in [3.05, 3.63) is 5.21 Å². The van der Waals surface area contributed by atoms with Gasteiger partial charge in [-0.2, -0.15) is 13.2 Å². The van der Waals surface area contributed by atoms with Crippen molar-refractivity contribution in [1.29, 1.82) is 0 Å². The number of carbonyl (C=O) groups excluding carboxylic acids is 1. The Labute approximate surface area is 52.2 Å². The average molecular weight is 160 g/mol. The molecule has 0 aliphatic heterocycles. The van der Waals surface area contributed by atoms with E-state index >= 15 is 0 Å². The van der Waals surface area contributed by atoms with Crippen LogP contribution in [0.4, 0.5) is 13.2 Å². The number of rotatable bonds is 2. The van der Waals surface area contributed by atoms with Crippen molar-refractivity contribution >= 4 is 5.97 Å². The molecule has 0 aromatic rings. The number of nitrogens with one attached hydrogen (secondary N) is 1. The lowest BCUT2D eigenvalue weighted by Crippen LogP contribution is -2.27. The minimum atomic E-state index is -5.16. The van der Waals surface area contributed by atoms with Crippen LogP contribution in [0.2, 0.25) is 0 Å². The maximum Gasteiger partial charge on any atom is 0.494 e. The van der Waals surface area contributed by atoms with E-state index in [-0.39, 0.29) is 0 Å². The number of carbonyl (C=O) groups is 1. The normalized spacial score (nSPS) is 11.2. The molecule has 0 atom stereocenters. The van der Waals surface area contributed by atoms with Gasteiger partial charge in [0.2, 0.25) is 0 Å². The van der Waals surface area contributed by atoms with Crippen LogP contribution in [-0.4, -0.2) is 12.1 Å². The van der Waals surface area contributed by atoms with Crippen molar-refractivity contribution in [3.8, 4) is 0 Å². The Morgan fingerprint density at radius 3 is 2.30 bits per heavy atom. The van der Waals surface area contributed by atoms with Crippen LogP contribution >= 0.6 is 0 Å². The van der Waals surface area contributed by atoms with Crippen molar-refractivity contribution in [1.82, 2.24) is 5.64 Å². The summed E-state index contributed by atoms with van der Waals surface area (Å²) in [6.07, 6.45) is -5.16. The molecule has 0 rings (SSSR count). The molecule has 0 amide bonds. The molecule has 0 aromatic carbocycles. The van der Waals surface area contributed by atoms with Gasteiger partial charge in [0.15, 0.2) is 0 Å². The Balaban J connectivity index is 3.64. The summed E-state index contributed by atoms with van der Waals surface area (Å²) in [5.41, 5.74) is 0.478. The Morgan fingerprint density at radius 1 is 1.50 bits per heavy atom. The summed E-state index contributed by atoms with van der Waals surface area (Å²) in [7, 11) is 0. The van der Waals surface area contributed by atoms with Crippen LogP contribution < -0.4 is 5.64 Å². The van der Waals surface area contributed by atoms with Crippen LogP contribution in [-0.2, 0) is 14.7 Å². The minimum Gasteiger partial charge on any atom is -0.762 e. The van der Waals surface area contributed by atoms with Crippen LogP contribution in [0.15, 0.2) is 0 Å². The van der Waals surface area contributed by atoms with E-state index in [0.717, 1.165) is 0 Å². The summed E-state index contributed by atoms with van der Waals surface area (Å²) < 4.78 is 33.3. The topological polar surface area (TPSA) is 70.6 Å². The predicted molar refractivity (Wildman–Crippen MR) is 19.7 cm³/mol. The zero-order chi connectivity index (χ0) is 8.20. The molecule has 0 aromatic heterocycles. The molecule has 0 unspecified atom stereocenters. The van der Waals surface area contributed by atoms with Crippen molar-refractivity contribution in [2.45, 2.75) is 6.18 Å². The van der Waals surface area contributed by atoms with E-state index in [1.807, 2.05) is 0 Å². The standard InChI is InChI=1S/C2HF3NO4/c3-2(4,5)1(7)9-10-6-8/h6H/q-1.